The maximum absolute atomic E-state index is 12.7. The second kappa shape index (κ2) is 9.57. The van der Waals surface area contributed by atoms with Gasteiger partial charge in [-0.05, 0) is 37.6 Å². The number of methoxy groups -OCH3 is 1. The van der Waals surface area contributed by atoms with Gasteiger partial charge in [0.1, 0.15) is 5.75 Å². The fraction of sp³-hybridized carbons (Fsp3) is 0.250. The van der Waals surface area contributed by atoms with Gasteiger partial charge in [-0.1, -0.05) is 53.4 Å². The molecule has 0 aliphatic carbocycles. The number of hydrogen-bond acceptors (Lipinski definition) is 7. The van der Waals surface area contributed by atoms with E-state index in [1.807, 2.05) is 62.4 Å². The van der Waals surface area contributed by atoms with Crippen LogP contribution in [-0.4, -0.2) is 35.5 Å². The summed E-state index contributed by atoms with van der Waals surface area (Å²) in [6.07, 6.45) is 0. The average Bonchev–Trinajstić information content (AvgIpc) is 3.16. The predicted molar refractivity (Wildman–Crippen MR) is 116 cm³/mol. The van der Waals surface area contributed by atoms with E-state index >= 15 is 0 Å². The highest BCUT2D eigenvalue weighted by Crippen LogP contribution is 2.31. The first-order chi connectivity index (χ1) is 13.6. The molecule has 0 spiro atoms. The number of ether oxygens (including phenoxy) is 1. The molecule has 0 atom stereocenters. The number of thioether (sulfide) groups is 1. The Hall–Kier alpha value is -2.58. The Labute approximate surface area is 172 Å². The molecule has 3 rings (SSSR count). The van der Waals surface area contributed by atoms with Gasteiger partial charge in [-0.3, -0.25) is 4.79 Å². The molecule has 0 aliphatic rings. The van der Waals surface area contributed by atoms with Crippen molar-refractivity contribution in [3.63, 3.8) is 0 Å². The molecule has 0 saturated carbocycles. The van der Waals surface area contributed by atoms with E-state index in [4.69, 9.17) is 4.74 Å². The number of nitrogens with one attached hydrogen (secondary N) is 1. The molecule has 0 aliphatic heterocycles. The van der Waals surface area contributed by atoms with Crippen molar-refractivity contribution in [2.45, 2.75) is 18.2 Å². The second-order valence-electron chi connectivity index (χ2n) is 5.91. The Morgan fingerprint density at radius 2 is 1.93 bits per heavy atom. The zero-order valence-corrected chi connectivity index (χ0v) is 17.6. The third-order valence-corrected chi connectivity index (χ3v) is 6.05. The van der Waals surface area contributed by atoms with Gasteiger partial charge >= 0.3 is 0 Å². The molecule has 6 nitrogen and oxygen atoms in total. The molecule has 0 fully saturated rings. The highest BCUT2D eigenvalue weighted by atomic mass is 32.2. The van der Waals surface area contributed by atoms with E-state index in [0.717, 1.165) is 27.0 Å². The van der Waals surface area contributed by atoms with Crippen molar-refractivity contribution in [2.24, 2.45) is 0 Å². The maximum Gasteiger partial charge on any atom is 0.237 e. The summed E-state index contributed by atoms with van der Waals surface area (Å²) >= 11 is 2.81. The Kier molecular flexibility index (Phi) is 6.89. The second-order valence-corrected chi connectivity index (χ2v) is 8.11. The van der Waals surface area contributed by atoms with Gasteiger partial charge in [-0.2, -0.15) is 0 Å². The first-order valence-electron chi connectivity index (χ1n) is 8.84. The molecule has 28 heavy (non-hydrogen) atoms. The minimum absolute atomic E-state index is 0.0521. The monoisotopic (exact) mass is 414 g/mol. The summed E-state index contributed by atoms with van der Waals surface area (Å²) in [5.41, 5.74) is 2.86. The first-order valence-corrected chi connectivity index (χ1v) is 10.6. The van der Waals surface area contributed by atoms with Crippen LogP contribution in [0.5, 0.6) is 5.75 Å². The molecule has 2 aromatic carbocycles. The third-order valence-electron chi connectivity index (χ3n) is 4.10. The third kappa shape index (κ3) is 4.82. The van der Waals surface area contributed by atoms with Gasteiger partial charge in [0.25, 0.3) is 0 Å². The van der Waals surface area contributed by atoms with Gasteiger partial charge in [0, 0.05) is 12.2 Å². The quantitative estimate of drug-likeness (QED) is 0.537. The molecule has 1 aromatic heterocycles. The maximum atomic E-state index is 12.7. The van der Waals surface area contributed by atoms with Crippen LogP contribution in [-0.2, 0) is 4.79 Å². The molecule has 0 radical (unpaired) electrons. The van der Waals surface area contributed by atoms with Crippen LogP contribution in [0.2, 0.25) is 0 Å². The van der Waals surface area contributed by atoms with Gasteiger partial charge in [0.05, 0.1) is 18.6 Å². The zero-order valence-electron chi connectivity index (χ0n) is 16.0. The summed E-state index contributed by atoms with van der Waals surface area (Å²) in [7, 11) is 1.63. The molecule has 8 heteroatoms. The van der Waals surface area contributed by atoms with Crippen LogP contribution in [0.25, 0.3) is 0 Å². The standard InChI is InChI=1S/C20H22N4O2S2/c1-4-24(16-11-7-5-9-14(16)2)18(25)13-27-20-23-22-19(28-20)21-15-10-6-8-12-17(15)26-3/h5-12H,4,13H2,1-3H3,(H,21,22). The van der Waals surface area contributed by atoms with Crippen molar-refractivity contribution < 1.29 is 9.53 Å². The van der Waals surface area contributed by atoms with Crippen LogP contribution < -0.4 is 15.0 Å². The lowest BCUT2D eigenvalue weighted by molar-refractivity contribution is -0.116. The number of aromatic nitrogens is 2. The zero-order chi connectivity index (χ0) is 19.9. The van der Waals surface area contributed by atoms with Crippen molar-refractivity contribution in [3.05, 3.63) is 54.1 Å². The van der Waals surface area contributed by atoms with Gasteiger partial charge in [-0.15, -0.1) is 10.2 Å². The van der Waals surface area contributed by atoms with E-state index in [9.17, 15) is 4.79 Å². The van der Waals surface area contributed by atoms with Gasteiger partial charge in [-0.25, -0.2) is 0 Å². The SMILES string of the molecule is CCN(C(=O)CSc1nnc(Nc2ccccc2OC)s1)c1ccccc1C. The minimum Gasteiger partial charge on any atom is -0.495 e. The number of benzene rings is 2. The van der Waals surface area contributed by atoms with Crippen molar-refractivity contribution in [1.82, 2.24) is 10.2 Å². The number of nitrogens with zero attached hydrogens (tertiary/aromatic N) is 3. The van der Waals surface area contributed by atoms with Gasteiger partial charge in [0.2, 0.25) is 11.0 Å². The smallest absolute Gasteiger partial charge is 0.237 e. The summed E-state index contributed by atoms with van der Waals surface area (Å²) in [4.78, 5) is 14.5. The summed E-state index contributed by atoms with van der Waals surface area (Å²) in [5.74, 6) is 1.10. The largest absolute Gasteiger partial charge is 0.495 e. The molecule has 146 valence electrons. The summed E-state index contributed by atoms with van der Waals surface area (Å²) in [5, 5.41) is 12.2. The lowest BCUT2D eigenvalue weighted by Gasteiger charge is -2.22. The number of hydrogen-bond donors (Lipinski definition) is 1. The van der Waals surface area contributed by atoms with E-state index < -0.39 is 0 Å². The number of anilines is 3. The molecule has 0 unspecified atom stereocenters. The van der Waals surface area contributed by atoms with Crippen LogP contribution in [0.15, 0.2) is 52.9 Å². The number of carbonyl (C=O) groups excluding carboxylic acids is 1. The molecule has 0 bridgehead atoms. The number of para-hydroxylation sites is 3. The fourth-order valence-corrected chi connectivity index (χ4v) is 4.37. The number of aryl methyl sites for hydroxylation is 1. The van der Waals surface area contributed by atoms with E-state index in [0.29, 0.717) is 17.4 Å². The lowest BCUT2D eigenvalue weighted by atomic mass is 10.2. The van der Waals surface area contributed by atoms with Crippen molar-refractivity contribution >= 4 is 45.5 Å². The summed E-state index contributed by atoms with van der Waals surface area (Å²) in [6.45, 7) is 4.62. The van der Waals surface area contributed by atoms with E-state index in [1.165, 1.54) is 23.1 Å². The predicted octanol–water partition coefficient (Wildman–Crippen LogP) is 4.74. The topological polar surface area (TPSA) is 67.4 Å². The van der Waals surface area contributed by atoms with Crippen LogP contribution in [0, 0.1) is 6.92 Å². The molecule has 1 heterocycles. The fourth-order valence-electron chi connectivity index (χ4n) is 2.73. The Balaban J connectivity index is 1.62. The van der Waals surface area contributed by atoms with Crippen LogP contribution in [0.1, 0.15) is 12.5 Å². The Bertz CT molecular complexity index is 945. The van der Waals surface area contributed by atoms with Gasteiger partial charge < -0.3 is 15.0 Å². The lowest BCUT2D eigenvalue weighted by Crippen LogP contribution is -2.32. The van der Waals surface area contributed by atoms with Crippen LogP contribution in [0.3, 0.4) is 0 Å². The number of amides is 1. The Morgan fingerprint density at radius 1 is 1.18 bits per heavy atom. The molecule has 3 aromatic rings. The van der Waals surface area contributed by atoms with Crippen LogP contribution >= 0.6 is 23.1 Å². The average molecular weight is 415 g/mol. The summed E-state index contributed by atoms with van der Waals surface area (Å²) < 4.78 is 6.07. The highest BCUT2D eigenvalue weighted by molar-refractivity contribution is 8.01. The van der Waals surface area contributed by atoms with Crippen molar-refractivity contribution in [3.8, 4) is 5.75 Å². The molecular weight excluding hydrogens is 392 g/mol. The van der Waals surface area contributed by atoms with Crippen molar-refractivity contribution in [1.29, 1.82) is 0 Å². The minimum atomic E-state index is 0.0521. The van der Waals surface area contributed by atoms with Crippen LogP contribution in [0.4, 0.5) is 16.5 Å². The van der Waals surface area contributed by atoms with E-state index in [2.05, 4.69) is 15.5 Å². The molecule has 1 amide bonds. The normalized spacial score (nSPS) is 10.5. The highest BCUT2D eigenvalue weighted by Gasteiger charge is 2.17. The molecule has 1 N–H and O–H groups in total. The van der Waals surface area contributed by atoms with E-state index in [-0.39, 0.29) is 5.91 Å². The molecule has 0 saturated heterocycles. The summed E-state index contributed by atoms with van der Waals surface area (Å²) in [6, 6.07) is 15.5. The Morgan fingerprint density at radius 3 is 2.68 bits per heavy atom. The molecular formula is C20H22N4O2S2. The first kappa shape index (κ1) is 20.2. The van der Waals surface area contributed by atoms with Crippen molar-refractivity contribution in [2.75, 3.05) is 29.6 Å². The number of carbonyl (C=O) groups is 1. The van der Waals surface area contributed by atoms with Gasteiger partial charge in [0.15, 0.2) is 4.34 Å². The number of rotatable bonds is 8. The van der Waals surface area contributed by atoms with E-state index in [1.54, 1.807) is 12.0 Å².